The molecule has 0 bridgehead atoms. The first-order valence-electron chi connectivity index (χ1n) is 13.3. The number of likely N-dealkylation sites (tertiary alicyclic amines) is 1. The van der Waals surface area contributed by atoms with Crippen molar-refractivity contribution in [1.29, 1.82) is 0 Å². The number of hydrogen-bond acceptors (Lipinski definition) is 6. The summed E-state index contributed by atoms with van der Waals surface area (Å²) < 4.78 is 37.6. The lowest BCUT2D eigenvalue weighted by atomic mass is 9.92. The lowest BCUT2D eigenvalue weighted by Gasteiger charge is -2.31. The zero-order valence-corrected chi connectivity index (χ0v) is 23.1. The fourth-order valence-electron chi connectivity index (χ4n) is 4.42. The number of nitrogens with one attached hydrogen (secondary N) is 1. The normalized spacial score (nSPS) is 14.1. The van der Waals surface area contributed by atoms with Crippen LogP contribution in [0.2, 0.25) is 0 Å². The largest absolute Gasteiger partial charge is 0.490 e. The molecule has 0 saturated carbocycles. The van der Waals surface area contributed by atoms with Crippen LogP contribution in [0, 0.1) is 0 Å². The third-order valence-electron chi connectivity index (χ3n) is 6.60. The predicted octanol–water partition coefficient (Wildman–Crippen LogP) is 5.18. The molecule has 0 spiro atoms. The third-order valence-corrected chi connectivity index (χ3v) is 6.60. The van der Waals surface area contributed by atoms with Gasteiger partial charge >= 0.3 is 12.1 Å². The summed E-state index contributed by atoms with van der Waals surface area (Å²) in [6.07, 6.45) is -0.947. The van der Waals surface area contributed by atoms with Crippen LogP contribution in [0.3, 0.4) is 0 Å². The summed E-state index contributed by atoms with van der Waals surface area (Å²) in [5.74, 6) is -0.906. The molecule has 1 amide bonds. The minimum Gasteiger partial charge on any atom is -0.475 e. The number of aromatic nitrogens is 1. The zero-order chi connectivity index (χ0) is 29.8. The van der Waals surface area contributed by atoms with Crippen molar-refractivity contribution in [3.05, 3.63) is 89.7 Å². The summed E-state index contributed by atoms with van der Waals surface area (Å²) in [5, 5.41) is 10.4. The molecule has 8 nitrogen and oxygen atoms in total. The molecule has 0 aliphatic carbocycles. The Morgan fingerprint density at radius 3 is 2.34 bits per heavy atom. The Kier molecular flexibility index (Phi) is 11.7. The number of amides is 1. The average molecular weight is 573 g/mol. The van der Waals surface area contributed by atoms with Gasteiger partial charge in [-0.05, 0) is 81.0 Å². The number of pyridine rings is 1. The molecule has 1 saturated heterocycles. The molecule has 41 heavy (non-hydrogen) atoms. The van der Waals surface area contributed by atoms with Crippen LogP contribution in [0.4, 0.5) is 13.2 Å². The van der Waals surface area contributed by atoms with Crippen LogP contribution < -0.4 is 10.1 Å². The Bertz CT molecular complexity index is 1270. The maximum Gasteiger partial charge on any atom is 0.490 e. The molecule has 2 N–H and O–H groups in total. The molecule has 11 heteroatoms. The van der Waals surface area contributed by atoms with Gasteiger partial charge in [0.05, 0.1) is 0 Å². The smallest absolute Gasteiger partial charge is 0.475 e. The Balaban J connectivity index is 0.000000587. The van der Waals surface area contributed by atoms with Crippen LogP contribution in [0.1, 0.15) is 40.4 Å². The van der Waals surface area contributed by atoms with Crippen LogP contribution in [0.5, 0.6) is 11.5 Å². The van der Waals surface area contributed by atoms with Gasteiger partial charge in [0, 0.05) is 50.1 Å². The molecule has 220 valence electrons. The number of carboxylic acids is 1. The highest BCUT2D eigenvalue weighted by molar-refractivity contribution is 5.94. The van der Waals surface area contributed by atoms with Gasteiger partial charge in [-0.3, -0.25) is 9.78 Å². The highest BCUT2D eigenvalue weighted by Crippen LogP contribution is 2.27. The summed E-state index contributed by atoms with van der Waals surface area (Å²) in [7, 11) is 3.84. The summed E-state index contributed by atoms with van der Waals surface area (Å²) in [6, 6.07) is 21.1. The minimum absolute atomic E-state index is 0.0327. The van der Waals surface area contributed by atoms with E-state index in [0.29, 0.717) is 23.8 Å². The molecule has 2 aromatic carbocycles. The van der Waals surface area contributed by atoms with Crippen molar-refractivity contribution in [1.82, 2.24) is 20.1 Å². The second kappa shape index (κ2) is 15.2. The summed E-state index contributed by atoms with van der Waals surface area (Å²) >= 11 is 0. The number of piperidine rings is 1. The first kappa shape index (κ1) is 31.6. The van der Waals surface area contributed by atoms with Crippen LogP contribution in [-0.4, -0.2) is 78.2 Å². The standard InChI is InChI=1S/C28H34N4O2.C2HF3O2/c1-29-15-18-32-16-12-23(13-17-32)27-19-22(11-14-30-27)21-31(2)28(33)24-7-6-10-26(20-24)34-25-8-4-3-5-9-25;3-2(4,5)1(6)7/h3-11,14,19-20,23,29H,12-13,15-18,21H2,1-2H3;(H,6,7). The number of carbonyl (C=O) groups excluding carboxylic acids is 1. The van der Waals surface area contributed by atoms with Gasteiger partial charge in [-0.2, -0.15) is 13.2 Å². The first-order chi connectivity index (χ1) is 19.6. The highest BCUT2D eigenvalue weighted by atomic mass is 19.4. The number of nitrogens with zero attached hydrogens (tertiary/aromatic N) is 3. The van der Waals surface area contributed by atoms with Gasteiger partial charge in [0.1, 0.15) is 11.5 Å². The molecule has 1 aromatic heterocycles. The number of rotatable bonds is 9. The average Bonchev–Trinajstić information content (AvgIpc) is 2.96. The van der Waals surface area contributed by atoms with Gasteiger partial charge in [-0.25, -0.2) is 4.79 Å². The highest BCUT2D eigenvalue weighted by Gasteiger charge is 2.38. The van der Waals surface area contributed by atoms with E-state index < -0.39 is 12.1 Å². The van der Waals surface area contributed by atoms with Crippen LogP contribution in [-0.2, 0) is 11.3 Å². The number of carboxylic acid groups (broad SMARTS) is 1. The number of carbonyl (C=O) groups is 2. The van der Waals surface area contributed by atoms with Gasteiger partial charge in [0.15, 0.2) is 0 Å². The molecule has 0 atom stereocenters. The molecule has 1 fully saturated rings. The van der Waals surface area contributed by atoms with E-state index in [-0.39, 0.29) is 5.91 Å². The Morgan fingerprint density at radius 1 is 1.05 bits per heavy atom. The van der Waals surface area contributed by atoms with E-state index in [1.165, 1.54) is 0 Å². The number of para-hydroxylation sites is 1. The SMILES string of the molecule is CNCCN1CCC(c2cc(CN(C)C(=O)c3cccc(Oc4ccccc4)c3)ccn2)CC1.O=C(O)C(F)(F)F. The molecule has 3 aromatic rings. The maximum absolute atomic E-state index is 13.1. The van der Waals surface area contributed by atoms with Gasteiger partial charge in [0.2, 0.25) is 0 Å². The number of benzene rings is 2. The van der Waals surface area contributed by atoms with Gasteiger partial charge in [-0.15, -0.1) is 0 Å². The van der Waals surface area contributed by atoms with Crippen molar-refractivity contribution in [2.75, 3.05) is 40.3 Å². The second-order valence-electron chi connectivity index (χ2n) is 9.72. The van der Waals surface area contributed by atoms with Crippen LogP contribution in [0.15, 0.2) is 72.9 Å². The van der Waals surface area contributed by atoms with Crippen LogP contribution in [0.25, 0.3) is 0 Å². The van der Waals surface area contributed by atoms with E-state index in [1.807, 2.05) is 74.9 Å². The number of alkyl halides is 3. The first-order valence-corrected chi connectivity index (χ1v) is 13.3. The molecule has 0 radical (unpaired) electrons. The van der Waals surface area contributed by atoms with Gasteiger partial charge in [0.25, 0.3) is 5.91 Å². The van der Waals surface area contributed by atoms with E-state index in [2.05, 4.69) is 21.3 Å². The van der Waals surface area contributed by atoms with Crippen molar-refractivity contribution >= 4 is 11.9 Å². The van der Waals surface area contributed by atoms with E-state index in [4.69, 9.17) is 14.6 Å². The van der Waals surface area contributed by atoms with Crippen molar-refractivity contribution in [3.8, 4) is 11.5 Å². The monoisotopic (exact) mass is 572 g/mol. The Labute approximate surface area is 237 Å². The van der Waals surface area contributed by atoms with Crippen molar-refractivity contribution in [2.45, 2.75) is 31.5 Å². The fourth-order valence-corrected chi connectivity index (χ4v) is 4.42. The van der Waals surface area contributed by atoms with Gasteiger partial charge in [-0.1, -0.05) is 24.3 Å². The summed E-state index contributed by atoms with van der Waals surface area (Å²) in [6.45, 7) is 4.89. The number of aliphatic carboxylic acids is 1. The van der Waals surface area contributed by atoms with Crippen molar-refractivity contribution in [2.24, 2.45) is 0 Å². The van der Waals surface area contributed by atoms with Gasteiger partial charge < -0.3 is 25.0 Å². The number of likely N-dealkylation sites (N-methyl/N-ethyl adjacent to an activating group) is 1. The lowest BCUT2D eigenvalue weighted by Crippen LogP contribution is -2.37. The molecular formula is C30H35F3N4O4. The summed E-state index contributed by atoms with van der Waals surface area (Å²) in [4.78, 5) is 30.9. The maximum atomic E-state index is 13.1. The number of ether oxygens (including phenoxy) is 1. The molecule has 1 aliphatic heterocycles. The van der Waals surface area contributed by atoms with E-state index in [1.54, 1.807) is 11.0 Å². The van der Waals surface area contributed by atoms with Crippen LogP contribution >= 0.6 is 0 Å². The van der Waals surface area contributed by atoms with E-state index >= 15 is 0 Å². The zero-order valence-electron chi connectivity index (χ0n) is 23.1. The predicted molar refractivity (Wildman–Crippen MR) is 149 cm³/mol. The molecular weight excluding hydrogens is 537 g/mol. The Morgan fingerprint density at radius 2 is 1.71 bits per heavy atom. The number of hydrogen-bond donors (Lipinski definition) is 2. The molecule has 4 rings (SSSR count). The van der Waals surface area contributed by atoms with Crippen molar-refractivity contribution < 1.29 is 32.6 Å². The topological polar surface area (TPSA) is 95.0 Å². The second-order valence-corrected chi connectivity index (χ2v) is 9.72. The minimum atomic E-state index is -5.08. The van der Waals surface area contributed by atoms with Crippen molar-refractivity contribution in [3.63, 3.8) is 0 Å². The lowest BCUT2D eigenvalue weighted by molar-refractivity contribution is -0.192. The molecule has 0 unspecified atom stereocenters. The third kappa shape index (κ3) is 10.2. The van der Waals surface area contributed by atoms with E-state index in [0.717, 1.165) is 56.0 Å². The fraction of sp³-hybridized carbons (Fsp3) is 0.367. The summed E-state index contributed by atoms with van der Waals surface area (Å²) in [5.41, 5.74) is 2.86. The Hall–Kier alpha value is -3.96. The molecule has 2 heterocycles. The molecule has 1 aliphatic rings. The quantitative estimate of drug-likeness (QED) is 0.365. The van der Waals surface area contributed by atoms with E-state index in [9.17, 15) is 18.0 Å². The number of halogens is 3.